The lowest BCUT2D eigenvalue weighted by molar-refractivity contribution is -0.137. The highest BCUT2D eigenvalue weighted by Crippen LogP contribution is 2.24. The van der Waals surface area contributed by atoms with Gasteiger partial charge in [-0.2, -0.15) is 0 Å². The smallest absolute Gasteiger partial charge is 0.305 e. The van der Waals surface area contributed by atoms with Crippen LogP contribution in [0, 0.1) is 0 Å². The van der Waals surface area contributed by atoms with Gasteiger partial charge in [0.15, 0.2) is 5.78 Å². The Morgan fingerprint density at radius 1 is 1.48 bits per heavy atom. The first-order chi connectivity index (χ1) is 10.0. The van der Waals surface area contributed by atoms with Gasteiger partial charge in [0.1, 0.15) is 0 Å². The van der Waals surface area contributed by atoms with Crippen LogP contribution >= 0.6 is 0 Å². The molecule has 0 aliphatic carbocycles. The molecule has 0 radical (unpaired) electrons. The second kappa shape index (κ2) is 6.32. The largest absolute Gasteiger partial charge is 0.481 e. The summed E-state index contributed by atoms with van der Waals surface area (Å²) in [4.78, 5) is 34.6. The van der Waals surface area contributed by atoms with Crippen molar-refractivity contribution in [1.82, 2.24) is 5.32 Å². The molecule has 1 aromatic rings. The Bertz CT molecular complexity index is 610. The quantitative estimate of drug-likeness (QED) is 0.513. The van der Waals surface area contributed by atoms with E-state index in [4.69, 9.17) is 5.11 Å². The molecule has 6 nitrogen and oxygen atoms in total. The van der Waals surface area contributed by atoms with Crippen molar-refractivity contribution in [3.05, 3.63) is 42.0 Å². The average molecular weight is 288 g/mol. The molecule has 1 unspecified atom stereocenters. The van der Waals surface area contributed by atoms with Crippen molar-refractivity contribution in [2.24, 2.45) is 0 Å². The zero-order chi connectivity index (χ0) is 15.4. The van der Waals surface area contributed by atoms with E-state index in [9.17, 15) is 14.4 Å². The van der Waals surface area contributed by atoms with Gasteiger partial charge in [0.05, 0.1) is 18.9 Å². The van der Waals surface area contributed by atoms with Gasteiger partial charge in [-0.1, -0.05) is 6.08 Å². The summed E-state index contributed by atoms with van der Waals surface area (Å²) in [5, 5.41) is 14.4. The van der Waals surface area contributed by atoms with E-state index >= 15 is 0 Å². The highest BCUT2D eigenvalue weighted by molar-refractivity contribution is 6.04. The maximum atomic E-state index is 12.4. The standard InChI is InChI=1S/C15H16N2O4/c1-2-5-16-12(8-14(19)20)15(21)9-3-4-11-10(6-9)7-13(18)17-11/h2-4,6,12,16H,1,5,7-8H2,(H,17,18)(H,19,20). The Balaban J connectivity index is 2.20. The van der Waals surface area contributed by atoms with Gasteiger partial charge in [0.25, 0.3) is 0 Å². The first-order valence-electron chi connectivity index (χ1n) is 6.54. The predicted molar refractivity (Wildman–Crippen MR) is 77.3 cm³/mol. The summed E-state index contributed by atoms with van der Waals surface area (Å²) in [7, 11) is 0. The van der Waals surface area contributed by atoms with Crippen LogP contribution in [0.1, 0.15) is 22.3 Å². The molecule has 2 rings (SSSR count). The summed E-state index contributed by atoms with van der Waals surface area (Å²) in [6.07, 6.45) is 1.49. The van der Waals surface area contributed by atoms with Crippen molar-refractivity contribution >= 4 is 23.3 Å². The topological polar surface area (TPSA) is 95.5 Å². The first kappa shape index (κ1) is 14.9. The second-order valence-electron chi connectivity index (χ2n) is 4.81. The van der Waals surface area contributed by atoms with Gasteiger partial charge in [-0.3, -0.25) is 14.4 Å². The number of nitrogens with one attached hydrogen (secondary N) is 2. The van der Waals surface area contributed by atoms with Crippen LogP contribution in [0.4, 0.5) is 5.69 Å². The molecule has 3 N–H and O–H groups in total. The Morgan fingerprint density at radius 2 is 2.24 bits per heavy atom. The maximum Gasteiger partial charge on any atom is 0.305 e. The third-order valence-corrected chi connectivity index (χ3v) is 3.22. The number of Topliss-reactive ketones (excluding diaryl/α,β-unsaturated/α-hetero) is 1. The van der Waals surface area contributed by atoms with Crippen LogP contribution in [-0.2, 0) is 16.0 Å². The third-order valence-electron chi connectivity index (χ3n) is 3.22. The molecular weight excluding hydrogens is 272 g/mol. The van der Waals surface area contributed by atoms with Crippen molar-refractivity contribution in [2.45, 2.75) is 18.9 Å². The molecule has 0 aromatic heterocycles. The fourth-order valence-corrected chi connectivity index (χ4v) is 2.24. The zero-order valence-corrected chi connectivity index (χ0v) is 11.4. The van der Waals surface area contributed by atoms with Crippen molar-refractivity contribution in [3.63, 3.8) is 0 Å². The Labute approximate surface area is 121 Å². The highest BCUT2D eigenvalue weighted by atomic mass is 16.4. The number of hydrogen-bond acceptors (Lipinski definition) is 4. The number of amides is 1. The van der Waals surface area contributed by atoms with Gasteiger partial charge in [-0.15, -0.1) is 6.58 Å². The molecule has 1 amide bonds. The van der Waals surface area contributed by atoms with Gasteiger partial charge < -0.3 is 15.7 Å². The molecule has 0 fully saturated rings. The summed E-state index contributed by atoms with van der Waals surface area (Å²) < 4.78 is 0. The number of aliphatic carboxylic acids is 1. The molecule has 1 aliphatic heterocycles. The van der Waals surface area contributed by atoms with Gasteiger partial charge in [-0.05, 0) is 23.8 Å². The lowest BCUT2D eigenvalue weighted by Gasteiger charge is -2.15. The minimum atomic E-state index is -1.05. The van der Waals surface area contributed by atoms with E-state index < -0.39 is 12.0 Å². The summed E-state index contributed by atoms with van der Waals surface area (Å²) in [5.41, 5.74) is 1.85. The Kier molecular flexibility index (Phi) is 4.49. The van der Waals surface area contributed by atoms with E-state index in [1.165, 1.54) is 0 Å². The van der Waals surface area contributed by atoms with Crippen LogP contribution in [-0.4, -0.2) is 35.4 Å². The van der Waals surface area contributed by atoms with Crippen molar-refractivity contribution in [1.29, 1.82) is 0 Å². The number of rotatable bonds is 7. The number of carboxylic acid groups (broad SMARTS) is 1. The van der Waals surface area contributed by atoms with Gasteiger partial charge in [0, 0.05) is 17.8 Å². The van der Waals surface area contributed by atoms with E-state index in [1.807, 2.05) is 0 Å². The number of hydrogen-bond donors (Lipinski definition) is 3. The zero-order valence-electron chi connectivity index (χ0n) is 11.4. The fraction of sp³-hybridized carbons (Fsp3) is 0.267. The molecule has 21 heavy (non-hydrogen) atoms. The lowest BCUT2D eigenvalue weighted by Crippen LogP contribution is -2.38. The van der Waals surface area contributed by atoms with Crippen LogP contribution in [0.5, 0.6) is 0 Å². The molecule has 1 heterocycles. The Morgan fingerprint density at radius 3 is 2.90 bits per heavy atom. The summed E-state index contributed by atoms with van der Waals surface area (Å²) >= 11 is 0. The minimum Gasteiger partial charge on any atom is -0.481 e. The lowest BCUT2D eigenvalue weighted by atomic mass is 9.98. The molecule has 110 valence electrons. The predicted octanol–water partition coefficient (Wildman–Crippen LogP) is 0.983. The minimum absolute atomic E-state index is 0.110. The van der Waals surface area contributed by atoms with Crippen LogP contribution in [0.15, 0.2) is 30.9 Å². The molecule has 1 atom stereocenters. The third kappa shape index (κ3) is 3.55. The number of benzene rings is 1. The number of anilines is 1. The number of carbonyl (C=O) groups is 3. The van der Waals surface area contributed by atoms with Crippen molar-refractivity contribution in [2.75, 3.05) is 11.9 Å². The summed E-state index contributed by atoms with van der Waals surface area (Å²) in [6, 6.07) is 4.08. The van der Waals surface area contributed by atoms with E-state index in [-0.39, 0.29) is 24.5 Å². The fourth-order valence-electron chi connectivity index (χ4n) is 2.24. The second-order valence-corrected chi connectivity index (χ2v) is 4.81. The molecule has 0 saturated carbocycles. The van der Waals surface area contributed by atoms with Crippen LogP contribution < -0.4 is 10.6 Å². The van der Waals surface area contributed by atoms with Gasteiger partial charge in [0.2, 0.25) is 5.91 Å². The first-order valence-corrected chi connectivity index (χ1v) is 6.54. The molecule has 1 aliphatic rings. The number of carbonyl (C=O) groups excluding carboxylic acids is 2. The molecule has 0 spiro atoms. The summed E-state index contributed by atoms with van der Waals surface area (Å²) in [6.45, 7) is 3.87. The van der Waals surface area contributed by atoms with Crippen LogP contribution in [0.2, 0.25) is 0 Å². The highest BCUT2D eigenvalue weighted by Gasteiger charge is 2.24. The van der Waals surface area contributed by atoms with Crippen molar-refractivity contribution in [3.8, 4) is 0 Å². The molecule has 0 saturated heterocycles. The van der Waals surface area contributed by atoms with Gasteiger partial charge >= 0.3 is 5.97 Å². The molecule has 6 heteroatoms. The van der Waals surface area contributed by atoms with Crippen LogP contribution in [0.3, 0.4) is 0 Å². The number of carboxylic acids is 1. The van der Waals surface area contributed by atoms with Crippen LogP contribution in [0.25, 0.3) is 0 Å². The van der Waals surface area contributed by atoms with E-state index in [0.717, 1.165) is 5.56 Å². The Hall–Kier alpha value is -2.47. The average Bonchev–Trinajstić information content (AvgIpc) is 2.81. The van der Waals surface area contributed by atoms with Crippen molar-refractivity contribution < 1.29 is 19.5 Å². The molecule has 0 bridgehead atoms. The van der Waals surface area contributed by atoms with Gasteiger partial charge in [-0.25, -0.2) is 0 Å². The van der Waals surface area contributed by atoms with E-state index in [0.29, 0.717) is 17.8 Å². The van der Waals surface area contributed by atoms with E-state index in [1.54, 1.807) is 24.3 Å². The SMILES string of the molecule is C=CCNC(CC(=O)O)C(=O)c1ccc2c(c1)CC(=O)N2. The molecular formula is C15H16N2O4. The molecule has 1 aromatic carbocycles. The summed E-state index contributed by atoms with van der Waals surface area (Å²) in [5.74, 6) is -1.47. The number of fused-ring (bicyclic) bond motifs is 1. The van der Waals surface area contributed by atoms with E-state index in [2.05, 4.69) is 17.2 Å². The normalized spacial score (nSPS) is 14.2. The monoisotopic (exact) mass is 288 g/mol. The number of ketones is 1. The maximum absolute atomic E-state index is 12.4.